The molecule has 1 saturated heterocycles. The number of amides is 1. The van der Waals surface area contributed by atoms with E-state index in [2.05, 4.69) is 17.1 Å². The summed E-state index contributed by atoms with van der Waals surface area (Å²) in [4.78, 5) is 27.9. The topological polar surface area (TPSA) is 92.6 Å². The smallest absolute Gasteiger partial charge is 0.301 e. The van der Waals surface area contributed by atoms with Crippen LogP contribution in [0.3, 0.4) is 0 Å². The Balaban J connectivity index is 1.47. The number of aliphatic hydroxyl groups is 1. The lowest BCUT2D eigenvalue weighted by atomic mass is 9.95. The van der Waals surface area contributed by atoms with Gasteiger partial charge >= 0.3 is 5.91 Å². The fraction of sp³-hybridized carbons (Fsp3) is 0.200. The minimum Gasteiger partial charge on any atom is -0.507 e. The first-order valence-electron chi connectivity index (χ1n) is 12.9. The number of rotatable bonds is 10. The molecule has 4 aromatic rings. The molecule has 7 nitrogen and oxygen atoms in total. The molecule has 1 aliphatic rings. The molecule has 0 aliphatic carbocycles. The van der Waals surface area contributed by atoms with E-state index >= 15 is 0 Å². The van der Waals surface area contributed by atoms with Crippen molar-refractivity contribution in [3.05, 3.63) is 107 Å². The predicted molar refractivity (Wildman–Crippen MR) is 154 cm³/mol. The molecule has 1 fully saturated rings. The van der Waals surface area contributed by atoms with Crippen LogP contribution in [0.5, 0.6) is 5.75 Å². The fourth-order valence-corrected chi connectivity index (χ4v) is 6.10. The number of aliphatic hydroxyl groups excluding tert-OH is 1. The van der Waals surface area contributed by atoms with E-state index in [0.717, 1.165) is 29.7 Å². The maximum absolute atomic E-state index is 13.8. The quantitative estimate of drug-likeness (QED) is 0.0533. The Morgan fingerprint density at radius 1 is 0.976 bits per heavy atom. The Labute approximate surface area is 243 Å². The molecule has 1 aliphatic heterocycles. The Hall–Kier alpha value is -4.09. The summed E-state index contributed by atoms with van der Waals surface area (Å²) in [6, 6.07) is 17.0. The number of thioether (sulfide) groups is 1. The van der Waals surface area contributed by atoms with Crippen LogP contribution in [-0.4, -0.2) is 33.6 Å². The average molecular weight is 594 g/mol. The van der Waals surface area contributed by atoms with Gasteiger partial charge in [0.2, 0.25) is 5.13 Å². The number of carbonyl (C=O) groups is 2. The highest BCUT2D eigenvalue weighted by molar-refractivity contribution is 8.00. The SMILES string of the molecule is CCCCOc1ccc(/C(O)=C2\C(=O)C(=O)N(c3nnc(SCc4ccc(F)cc4)s3)C2c2ccc(F)cc2)cc1. The lowest BCUT2D eigenvalue weighted by molar-refractivity contribution is -0.132. The van der Waals surface area contributed by atoms with E-state index in [9.17, 15) is 23.5 Å². The molecule has 1 atom stereocenters. The summed E-state index contributed by atoms with van der Waals surface area (Å²) in [5.74, 6) is -1.85. The number of hydrogen-bond donors (Lipinski definition) is 1. The van der Waals surface area contributed by atoms with Gasteiger partial charge in [-0.2, -0.15) is 0 Å². The van der Waals surface area contributed by atoms with Crippen molar-refractivity contribution in [1.29, 1.82) is 0 Å². The van der Waals surface area contributed by atoms with Gasteiger partial charge < -0.3 is 9.84 Å². The number of ether oxygens (including phenoxy) is 1. The fourth-order valence-electron chi connectivity index (χ4n) is 4.27. The van der Waals surface area contributed by atoms with Gasteiger partial charge in [-0.15, -0.1) is 10.2 Å². The molecule has 0 saturated carbocycles. The molecule has 3 aromatic carbocycles. The van der Waals surface area contributed by atoms with Gasteiger partial charge in [-0.1, -0.05) is 60.7 Å². The molecule has 1 N–H and O–H groups in total. The molecule has 210 valence electrons. The second-order valence-corrected chi connectivity index (χ2v) is 11.4. The minimum atomic E-state index is -1.06. The molecule has 0 bridgehead atoms. The third-order valence-electron chi connectivity index (χ3n) is 6.40. The van der Waals surface area contributed by atoms with Crippen molar-refractivity contribution in [1.82, 2.24) is 10.2 Å². The number of hydrogen-bond acceptors (Lipinski definition) is 8. The molecule has 2 heterocycles. The molecule has 0 radical (unpaired) electrons. The maximum atomic E-state index is 13.8. The van der Waals surface area contributed by atoms with Crippen LogP contribution in [0, 0.1) is 11.6 Å². The number of nitrogens with zero attached hydrogens (tertiary/aromatic N) is 3. The summed E-state index contributed by atoms with van der Waals surface area (Å²) < 4.78 is 33.2. The van der Waals surface area contributed by atoms with Gasteiger partial charge in [0.05, 0.1) is 18.2 Å². The van der Waals surface area contributed by atoms with Crippen molar-refractivity contribution in [3.8, 4) is 5.75 Å². The van der Waals surface area contributed by atoms with Crippen molar-refractivity contribution >= 4 is 45.7 Å². The number of carbonyl (C=O) groups excluding carboxylic acids is 2. The second-order valence-electron chi connectivity index (χ2n) is 9.21. The number of unbranched alkanes of at least 4 members (excludes halogenated alkanes) is 1. The third-order valence-corrected chi connectivity index (χ3v) is 8.53. The Morgan fingerprint density at radius 3 is 2.29 bits per heavy atom. The minimum absolute atomic E-state index is 0.142. The van der Waals surface area contributed by atoms with E-state index in [0.29, 0.717) is 33.6 Å². The van der Waals surface area contributed by atoms with Crippen LogP contribution in [0.1, 0.15) is 42.5 Å². The summed E-state index contributed by atoms with van der Waals surface area (Å²) in [7, 11) is 0. The summed E-state index contributed by atoms with van der Waals surface area (Å²) in [5, 5.41) is 19.8. The van der Waals surface area contributed by atoms with E-state index in [4.69, 9.17) is 4.74 Å². The zero-order chi connectivity index (χ0) is 28.9. The second kappa shape index (κ2) is 12.6. The Morgan fingerprint density at radius 2 is 1.63 bits per heavy atom. The van der Waals surface area contributed by atoms with Crippen LogP contribution in [0.2, 0.25) is 0 Å². The molecule has 1 amide bonds. The Kier molecular flexibility index (Phi) is 8.75. The van der Waals surface area contributed by atoms with E-state index < -0.39 is 23.5 Å². The largest absolute Gasteiger partial charge is 0.507 e. The summed E-state index contributed by atoms with van der Waals surface area (Å²) in [6.07, 6.45) is 1.90. The van der Waals surface area contributed by atoms with Crippen molar-refractivity contribution < 1.29 is 28.2 Å². The lowest BCUT2D eigenvalue weighted by Crippen LogP contribution is -2.29. The number of halogens is 2. The summed E-state index contributed by atoms with van der Waals surface area (Å²) in [6.45, 7) is 2.62. The number of ketones is 1. The van der Waals surface area contributed by atoms with Crippen molar-refractivity contribution in [3.63, 3.8) is 0 Å². The first-order chi connectivity index (χ1) is 19.9. The number of aromatic nitrogens is 2. The molecule has 1 aromatic heterocycles. The van der Waals surface area contributed by atoms with Crippen LogP contribution >= 0.6 is 23.1 Å². The van der Waals surface area contributed by atoms with E-state index in [1.54, 1.807) is 36.4 Å². The van der Waals surface area contributed by atoms with Gasteiger partial charge in [-0.05, 0) is 66.1 Å². The normalized spacial score (nSPS) is 16.4. The van der Waals surface area contributed by atoms with Crippen LogP contribution in [-0.2, 0) is 15.3 Å². The van der Waals surface area contributed by atoms with E-state index in [1.165, 1.54) is 53.1 Å². The average Bonchev–Trinajstić information content (AvgIpc) is 3.55. The van der Waals surface area contributed by atoms with Gasteiger partial charge in [0.15, 0.2) is 4.34 Å². The highest BCUT2D eigenvalue weighted by atomic mass is 32.2. The predicted octanol–water partition coefficient (Wildman–Crippen LogP) is 6.91. The monoisotopic (exact) mass is 593 g/mol. The third kappa shape index (κ3) is 6.31. The van der Waals surface area contributed by atoms with Crippen molar-refractivity contribution in [2.75, 3.05) is 11.5 Å². The standard InChI is InChI=1S/C30H25F2N3O4S2/c1-2-3-16-39-23-14-8-20(9-15-23)26(36)24-25(19-6-12-22(32)13-7-19)35(28(38)27(24)37)29-33-34-30(41-29)40-17-18-4-10-21(31)11-5-18/h4-15,25,36H,2-3,16-17H2,1H3/b26-24+. The zero-order valence-electron chi connectivity index (χ0n) is 21.9. The first-order valence-corrected chi connectivity index (χ1v) is 14.7. The molecule has 11 heteroatoms. The zero-order valence-corrected chi connectivity index (χ0v) is 23.6. The van der Waals surface area contributed by atoms with Gasteiger partial charge in [-0.3, -0.25) is 14.5 Å². The van der Waals surface area contributed by atoms with Gasteiger partial charge in [-0.25, -0.2) is 8.78 Å². The van der Waals surface area contributed by atoms with E-state index in [-0.39, 0.29) is 22.3 Å². The molecule has 1 unspecified atom stereocenters. The van der Waals surface area contributed by atoms with Gasteiger partial charge in [0, 0.05) is 11.3 Å². The molecule has 41 heavy (non-hydrogen) atoms. The lowest BCUT2D eigenvalue weighted by Gasteiger charge is -2.22. The highest BCUT2D eigenvalue weighted by Gasteiger charge is 2.48. The van der Waals surface area contributed by atoms with Crippen LogP contribution < -0.4 is 9.64 Å². The van der Waals surface area contributed by atoms with Gasteiger partial charge in [0.25, 0.3) is 5.78 Å². The van der Waals surface area contributed by atoms with Crippen molar-refractivity contribution in [2.45, 2.75) is 35.9 Å². The Bertz CT molecular complexity index is 1570. The van der Waals surface area contributed by atoms with Crippen LogP contribution in [0.4, 0.5) is 13.9 Å². The number of Topliss-reactive ketones (excluding diaryl/α,β-unsaturated/α-hetero) is 1. The summed E-state index contributed by atoms with van der Waals surface area (Å²) >= 11 is 2.45. The van der Waals surface area contributed by atoms with Crippen LogP contribution in [0.15, 0.2) is 82.7 Å². The number of benzene rings is 3. The maximum Gasteiger partial charge on any atom is 0.301 e. The first kappa shape index (κ1) is 28.4. The van der Waals surface area contributed by atoms with E-state index in [1.807, 2.05) is 0 Å². The summed E-state index contributed by atoms with van der Waals surface area (Å²) in [5.41, 5.74) is 1.48. The molecule has 0 spiro atoms. The van der Waals surface area contributed by atoms with Crippen LogP contribution in [0.25, 0.3) is 5.76 Å². The molecular weight excluding hydrogens is 568 g/mol. The molecular formula is C30H25F2N3O4S2. The molecule has 5 rings (SSSR count). The number of anilines is 1. The highest BCUT2D eigenvalue weighted by Crippen LogP contribution is 2.44. The van der Waals surface area contributed by atoms with Crippen molar-refractivity contribution in [2.24, 2.45) is 0 Å². The van der Waals surface area contributed by atoms with Gasteiger partial charge in [0.1, 0.15) is 23.1 Å².